The smallest absolute Gasteiger partial charge is 0.388 e. The molecular formula is C22H30F2N4O4S. The third kappa shape index (κ3) is 6.21. The molecule has 1 N–H and O–H groups in total. The van der Waals surface area contributed by atoms with Gasteiger partial charge < -0.3 is 14.6 Å². The number of likely N-dealkylation sites (tertiary alicyclic amines) is 1. The van der Waals surface area contributed by atoms with Crippen molar-refractivity contribution in [1.82, 2.24) is 19.9 Å². The van der Waals surface area contributed by atoms with Crippen LogP contribution in [0.2, 0.25) is 0 Å². The summed E-state index contributed by atoms with van der Waals surface area (Å²) >= 11 is 1.30. The van der Waals surface area contributed by atoms with E-state index >= 15 is 0 Å². The predicted molar refractivity (Wildman–Crippen MR) is 119 cm³/mol. The van der Waals surface area contributed by atoms with Crippen molar-refractivity contribution in [2.75, 3.05) is 26.8 Å². The molecule has 3 heterocycles. The van der Waals surface area contributed by atoms with Crippen LogP contribution in [0.4, 0.5) is 8.78 Å². The van der Waals surface area contributed by atoms with Gasteiger partial charge in [-0.2, -0.15) is 8.78 Å². The van der Waals surface area contributed by atoms with Gasteiger partial charge in [0, 0.05) is 45.4 Å². The highest BCUT2D eigenvalue weighted by Crippen LogP contribution is 2.44. The van der Waals surface area contributed by atoms with Crippen molar-refractivity contribution < 1.29 is 28.2 Å². The number of piperidine rings is 1. The highest BCUT2D eigenvalue weighted by Gasteiger charge is 2.48. The molecule has 2 atom stereocenters. The first-order valence-electron chi connectivity index (χ1n) is 10.7. The average molecular weight is 485 g/mol. The summed E-state index contributed by atoms with van der Waals surface area (Å²) in [5, 5.41) is 10.9. The topological polar surface area (TPSA) is 97.7 Å². The van der Waals surface area contributed by atoms with Crippen molar-refractivity contribution in [3.8, 4) is 16.5 Å². The number of nitrogens with zero attached hydrogens (tertiary/aromatic N) is 4. The molecule has 182 valence electrons. The van der Waals surface area contributed by atoms with E-state index in [1.54, 1.807) is 13.3 Å². The number of carboxylic acid groups (broad SMARTS) is 1. The van der Waals surface area contributed by atoms with Crippen LogP contribution in [0.25, 0.3) is 10.6 Å². The van der Waals surface area contributed by atoms with Gasteiger partial charge >= 0.3 is 12.6 Å². The molecule has 0 bridgehead atoms. The lowest BCUT2D eigenvalue weighted by atomic mass is 9.66. The van der Waals surface area contributed by atoms with E-state index in [2.05, 4.69) is 45.4 Å². The fourth-order valence-corrected chi connectivity index (χ4v) is 5.14. The van der Waals surface area contributed by atoms with Gasteiger partial charge in [-0.25, -0.2) is 15.0 Å². The van der Waals surface area contributed by atoms with Gasteiger partial charge in [0.15, 0.2) is 0 Å². The minimum Gasteiger partial charge on any atom is -0.481 e. The van der Waals surface area contributed by atoms with Gasteiger partial charge in [0.2, 0.25) is 5.88 Å². The van der Waals surface area contributed by atoms with Crippen LogP contribution >= 0.6 is 11.3 Å². The molecule has 0 saturated carbocycles. The summed E-state index contributed by atoms with van der Waals surface area (Å²) in [5.74, 6) is -0.894. The van der Waals surface area contributed by atoms with Gasteiger partial charge in [-0.15, -0.1) is 11.3 Å². The zero-order chi connectivity index (χ0) is 24.2. The Labute approximate surface area is 196 Å². The molecular weight excluding hydrogens is 454 g/mol. The molecule has 2 aromatic rings. The van der Waals surface area contributed by atoms with Gasteiger partial charge in [0.25, 0.3) is 0 Å². The number of aliphatic carboxylic acids is 1. The lowest BCUT2D eigenvalue weighted by Crippen LogP contribution is -2.53. The minimum absolute atomic E-state index is 0.0678. The third-order valence-electron chi connectivity index (χ3n) is 6.12. The number of halogens is 2. The summed E-state index contributed by atoms with van der Waals surface area (Å²) in [4.78, 5) is 27.5. The van der Waals surface area contributed by atoms with E-state index in [1.165, 1.54) is 23.7 Å². The Morgan fingerprint density at radius 1 is 1.33 bits per heavy atom. The first-order valence-corrected chi connectivity index (χ1v) is 11.5. The second-order valence-corrected chi connectivity index (χ2v) is 10.6. The number of carboxylic acids is 1. The largest absolute Gasteiger partial charge is 0.481 e. The zero-order valence-corrected chi connectivity index (χ0v) is 20.1. The van der Waals surface area contributed by atoms with E-state index in [1.807, 2.05) is 0 Å². The number of rotatable bonds is 9. The summed E-state index contributed by atoms with van der Waals surface area (Å²) in [6.45, 7) is 5.33. The number of hydrogen-bond acceptors (Lipinski definition) is 8. The van der Waals surface area contributed by atoms with Crippen LogP contribution < -0.4 is 4.74 Å². The molecule has 1 fully saturated rings. The van der Waals surface area contributed by atoms with Crippen LogP contribution in [-0.4, -0.2) is 64.3 Å². The minimum atomic E-state index is -3.01. The number of alkyl halides is 2. The van der Waals surface area contributed by atoms with E-state index in [0.29, 0.717) is 37.4 Å². The highest BCUT2D eigenvalue weighted by atomic mass is 32.1. The molecule has 0 amide bonds. The van der Waals surface area contributed by atoms with Crippen molar-refractivity contribution in [3.63, 3.8) is 0 Å². The Kier molecular flexibility index (Phi) is 7.96. The Bertz CT molecular complexity index is 952. The van der Waals surface area contributed by atoms with Crippen LogP contribution in [0.5, 0.6) is 5.88 Å². The first-order chi connectivity index (χ1) is 15.5. The molecule has 0 radical (unpaired) electrons. The highest BCUT2D eigenvalue weighted by molar-refractivity contribution is 7.15. The van der Waals surface area contributed by atoms with Gasteiger partial charge in [-0.05, 0) is 24.2 Å². The quantitative estimate of drug-likeness (QED) is 0.566. The Morgan fingerprint density at radius 2 is 2.06 bits per heavy atom. The standard InChI is InChI=1S/C22H30F2N4O4S/c1-21(2,3)14-9-22(19(29)30,5-8-31-4)13-28(11-14)12-16-27-10-15(33-16)17-18(32-20(23)24)26-7-6-25-17/h6-7,10,14,20H,5,8-9,11-13H2,1-4H3,(H,29,30)/t14-,22-/m1/s1. The average Bonchev–Trinajstić information content (AvgIpc) is 3.19. The molecule has 33 heavy (non-hydrogen) atoms. The lowest BCUT2D eigenvalue weighted by molar-refractivity contribution is -0.157. The summed E-state index contributed by atoms with van der Waals surface area (Å²) in [5.41, 5.74) is -0.773. The molecule has 0 aliphatic carbocycles. The molecule has 0 unspecified atom stereocenters. The number of ether oxygens (including phenoxy) is 2. The number of carbonyl (C=O) groups is 1. The second-order valence-electron chi connectivity index (χ2n) is 9.47. The van der Waals surface area contributed by atoms with Crippen molar-refractivity contribution in [2.24, 2.45) is 16.7 Å². The van der Waals surface area contributed by atoms with Gasteiger partial charge in [-0.1, -0.05) is 20.8 Å². The predicted octanol–water partition coefficient (Wildman–Crippen LogP) is 4.18. The fraction of sp³-hybridized carbons (Fsp3) is 0.636. The molecule has 1 aliphatic heterocycles. The van der Waals surface area contributed by atoms with Crippen molar-refractivity contribution in [3.05, 3.63) is 23.6 Å². The number of thiazole rings is 1. The first kappa shape index (κ1) is 25.4. The van der Waals surface area contributed by atoms with Crippen LogP contribution in [0.15, 0.2) is 18.6 Å². The Balaban J connectivity index is 1.84. The number of aromatic nitrogens is 3. The van der Waals surface area contributed by atoms with E-state index < -0.39 is 18.0 Å². The molecule has 2 aromatic heterocycles. The number of methoxy groups -OCH3 is 1. The molecule has 0 aromatic carbocycles. The van der Waals surface area contributed by atoms with Crippen molar-refractivity contribution >= 4 is 17.3 Å². The molecule has 11 heteroatoms. The summed E-state index contributed by atoms with van der Waals surface area (Å²) in [7, 11) is 1.58. The molecule has 8 nitrogen and oxygen atoms in total. The molecule has 3 rings (SSSR count). The van der Waals surface area contributed by atoms with E-state index in [-0.39, 0.29) is 22.9 Å². The summed E-state index contributed by atoms with van der Waals surface area (Å²) in [6.07, 6.45) is 5.27. The van der Waals surface area contributed by atoms with Crippen molar-refractivity contribution in [1.29, 1.82) is 0 Å². The Hall–Kier alpha value is -2.24. The molecule has 1 aliphatic rings. The Morgan fingerprint density at radius 3 is 2.70 bits per heavy atom. The third-order valence-corrected chi connectivity index (χ3v) is 7.11. The van der Waals surface area contributed by atoms with Gasteiger partial charge in [-0.3, -0.25) is 9.69 Å². The van der Waals surface area contributed by atoms with Crippen molar-refractivity contribution in [2.45, 2.75) is 46.8 Å². The SMILES string of the molecule is COCC[C@@]1(C(=O)O)C[C@@H](C(C)(C)C)CN(Cc2ncc(-c3nccnc3OC(F)F)s2)C1. The van der Waals surface area contributed by atoms with E-state index in [4.69, 9.17) is 4.74 Å². The fourth-order valence-electron chi connectivity index (χ4n) is 4.19. The van der Waals surface area contributed by atoms with E-state index in [9.17, 15) is 18.7 Å². The van der Waals surface area contributed by atoms with Crippen LogP contribution in [0.3, 0.4) is 0 Å². The monoisotopic (exact) mass is 484 g/mol. The number of hydrogen-bond donors (Lipinski definition) is 1. The molecule has 0 spiro atoms. The zero-order valence-electron chi connectivity index (χ0n) is 19.3. The van der Waals surface area contributed by atoms with Crippen LogP contribution in [0.1, 0.15) is 38.6 Å². The second kappa shape index (κ2) is 10.4. The maximum Gasteiger partial charge on any atom is 0.388 e. The van der Waals surface area contributed by atoms with E-state index in [0.717, 1.165) is 11.6 Å². The van der Waals surface area contributed by atoms with Gasteiger partial charge in [0.05, 0.1) is 16.8 Å². The summed E-state index contributed by atoms with van der Waals surface area (Å²) < 4.78 is 35.1. The summed E-state index contributed by atoms with van der Waals surface area (Å²) in [6, 6.07) is 0. The molecule has 1 saturated heterocycles. The van der Waals surface area contributed by atoms with Crippen LogP contribution in [-0.2, 0) is 16.1 Å². The van der Waals surface area contributed by atoms with Gasteiger partial charge in [0.1, 0.15) is 10.7 Å². The van der Waals surface area contributed by atoms with Crippen LogP contribution in [0, 0.1) is 16.7 Å². The maximum absolute atomic E-state index is 12.7. The normalized spacial score (nSPS) is 22.0. The maximum atomic E-state index is 12.7. The lowest BCUT2D eigenvalue weighted by Gasteiger charge is -2.47.